The summed E-state index contributed by atoms with van der Waals surface area (Å²) in [5, 5.41) is 0.658. The van der Waals surface area contributed by atoms with Gasteiger partial charge in [-0.25, -0.2) is 9.78 Å². The van der Waals surface area contributed by atoms with Crippen molar-refractivity contribution in [2.24, 2.45) is 0 Å². The highest BCUT2D eigenvalue weighted by atomic mass is 32.1. The Balaban J connectivity index is 1.55. The van der Waals surface area contributed by atoms with E-state index in [1.807, 2.05) is 13.0 Å². The molecule has 5 nitrogen and oxygen atoms in total. The highest BCUT2D eigenvalue weighted by Crippen LogP contribution is 2.32. The van der Waals surface area contributed by atoms with Crippen LogP contribution in [0.1, 0.15) is 36.8 Å². The van der Waals surface area contributed by atoms with Gasteiger partial charge in [0.15, 0.2) is 5.60 Å². The van der Waals surface area contributed by atoms with Gasteiger partial charge in [-0.1, -0.05) is 12.1 Å². The molecule has 0 atom stereocenters. The highest BCUT2D eigenvalue weighted by molar-refractivity contribution is 7.15. The van der Waals surface area contributed by atoms with E-state index in [0.29, 0.717) is 35.1 Å². The lowest BCUT2D eigenvalue weighted by Crippen LogP contribution is -2.39. The van der Waals surface area contributed by atoms with Gasteiger partial charge in [-0.05, 0) is 63.6 Å². The van der Waals surface area contributed by atoms with E-state index >= 15 is 0 Å². The second-order valence-electron chi connectivity index (χ2n) is 8.07. The number of alkyl halides is 3. The SMILES string of the molecule is CCOC(=O)C(C)(C)Oc1ccc(OCCc2cnc(-c3ccc(C(F)(F)F)cc3)s2)cc1C. The van der Waals surface area contributed by atoms with E-state index in [1.54, 1.807) is 39.1 Å². The monoisotopic (exact) mass is 493 g/mol. The van der Waals surface area contributed by atoms with E-state index in [4.69, 9.17) is 14.2 Å². The fraction of sp³-hybridized carbons (Fsp3) is 0.360. The van der Waals surface area contributed by atoms with Crippen LogP contribution in [-0.2, 0) is 22.1 Å². The molecule has 34 heavy (non-hydrogen) atoms. The first-order chi connectivity index (χ1) is 16.0. The lowest BCUT2D eigenvalue weighted by molar-refractivity contribution is -0.158. The number of nitrogens with zero attached hydrogens (tertiary/aromatic N) is 1. The number of hydrogen-bond acceptors (Lipinski definition) is 6. The maximum Gasteiger partial charge on any atom is 0.416 e. The number of benzene rings is 2. The topological polar surface area (TPSA) is 57.7 Å². The highest BCUT2D eigenvalue weighted by Gasteiger charge is 2.32. The molecule has 3 rings (SSSR count). The first-order valence-corrected chi connectivity index (χ1v) is 11.5. The lowest BCUT2D eigenvalue weighted by atomic mass is 10.1. The molecule has 0 saturated carbocycles. The van der Waals surface area contributed by atoms with Gasteiger partial charge in [0, 0.05) is 23.1 Å². The number of carbonyl (C=O) groups is 1. The molecular weight excluding hydrogens is 467 g/mol. The van der Waals surface area contributed by atoms with E-state index in [9.17, 15) is 18.0 Å². The predicted molar refractivity (Wildman–Crippen MR) is 124 cm³/mol. The summed E-state index contributed by atoms with van der Waals surface area (Å²) in [4.78, 5) is 17.3. The van der Waals surface area contributed by atoms with Crippen molar-refractivity contribution in [1.29, 1.82) is 0 Å². The van der Waals surface area contributed by atoms with Crippen molar-refractivity contribution in [2.45, 2.75) is 45.9 Å². The molecule has 9 heteroatoms. The number of aryl methyl sites for hydroxylation is 1. The fourth-order valence-electron chi connectivity index (χ4n) is 3.08. The third-order valence-electron chi connectivity index (χ3n) is 4.91. The van der Waals surface area contributed by atoms with E-state index in [0.717, 1.165) is 22.6 Å². The van der Waals surface area contributed by atoms with E-state index in [1.165, 1.54) is 23.5 Å². The van der Waals surface area contributed by atoms with Crippen molar-refractivity contribution < 1.29 is 32.2 Å². The first kappa shape index (κ1) is 25.6. The molecule has 1 heterocycles. The van der Waals surface area contributed by atoms with Gasteiger partial charge >= 0.3 is 12.1 Å². The van der Waals surface area contributed by atoms with Gasteiger partial charge < -0.3 is 14.2 Å². The van der Waals surface area contributed by atoms with Crippen LogP contribution < -0.4 is 9.47 Å². The molecule has 0 amide bonds. The minimum absolute atomic E-state index is 0.281. The number of thiazole rings is 1. The maximum absolute atomic E-state index is 12.7. The molecule has 0 aliphatic carbocycles. The summed E-state index contributed by atoms with van der Waals surface area (Å²) in [6.45, 7) is 7.60. The summed E-state index contributed by atoms with van der Waals surface area (Å²) in [6, 6.07) is 10.3. The Morgan fingerprint density at radius 3 is 2.41 bits per heavy atom. The molecule has 0 fully saturated rings. The van der Waals surface area contributed by atoms with Crippen LogP contribution in [0, 0.1) is 6.92 Å². The smallest absolute Gasteiger partial charge is 0.416 e. The van der Waals surface area contributed by atoms with Gasteiger partial charge in [-0.2, -0.15) is 13.2 Å². The average molecular weight is 494 g/mol. The van der Waals surface area contributed by atoms with Crippen LogP contribution in [0.5, 0.6) is 11.5 Å². The normalized spacial score (nSPS) is 11.9. The Bertz CT molecular complexity index is 1120. The number of aromatic nitrogens is 1. The molecule has 0 spiro atoms. The van der Waals surface area contributed by atoms with Crippen molar-refractivity contribution in [3.63, 3.8) is 0 Å². The molecule has 182 valence electrons. The number of halogens is 3. The molecular formula is C25H26F3NO4S. The summed E-state index contributed by atoms with van der Waals surface area (Å²) in [5.41, 5.74) is -0.336. The molecule has 1 aromatic heterocycles. The summed E-state index contributed by atoms with van der Waals surface area (Å²) < 4.78 is 54.9. The summed E-state index contributed by atoms with van der Waals surface area (Å²) >= 11 is 1.42. The molecule has 0 aliphatic heterocycles. The standard InChI is InChI=1S/C25H26F3NO4S/c1-5-31-23(30)24(3,4)33-21-11-10-19(14-16(21)2)32-13-12-20-15-29-22(34-20)17-6-8-18(9-7-17)25(26,27)28/h6-11,14-15H,5,12-13H2,1-4H3. The number of carbonyl (C=O) groups excluding carboxylic acids is 1. The van der Waals surface area contributed by atoms with Crippen molar-refractivity contribution in [2.75, 3.05) is 13.2 Å². The molecule has 0 bridgehead atoms. The van der Waals surface area contributed by atoms with Gasteiger partial charge in [-0.15, -0.1) is 11.3 Å². The average Bonchev–Trinajstić information content (AvgIpc) is 3.24. The number of hydrogen-bond donors (Lipinski definition) is 0. The Kier molecular flexibility index (Phi) is 7.86. The van der Waals surface area contributed by atoms with E-state index in [-0.39, 0.29) is 6.61 Å². The van der Waals surface area contributed by atoms with Crippen LogP contribution in [0.4, 0.5) is 13.2 Å². The zero-order valence-corrected chi connectivity index (χ0v) is 20.2. The Labute approximate surface area is 200 Å². The van der Waals surface area contributed by atoms with Gasteiger partial charge in [0.2, 0.25) is 0 Å². The Hall–Kier alpha value is -3.07. The van der Waals surface area contributed by atoms with Gasteiger partial charge in [-0.3, -0.25) is 0 Å². The lowest BCUT2D eigenvalue weighted by Gasteiger charge is -2.25. The van der Waals surface area contributed by atoms with Crippen LogP contribution in [0.3, 0.4) is 0 Å². The second-order valence-corrected chi connectivity index (χ2v) is 9.18. The van der Waals surface area contributed by atoms with Crippen LogP contribution in [0.15, 0.2) is 48.7 Å². The number of rotatable bonds is 9. The molecule has 0 aliphatic rings. The third-order valence-corrected chi connectivity index (χ3v) is 6.01. The van der Waals surface area contributed by atoms with Crippen LogP contribution in [0.25, 0.3) is 10.6 Å². The zero-order valence-electron chi connectivity index (χ0n) is 19.4. The third kappa shape index (κ3) is 6.50. The Morgan fingerprint density at radius 1 is 1.09 bits per heavy atom. The minimum atomic E-state index is -4.36. The van der Waals surface area contributed by atoms with E-state index < -0.39 is 23.3 Å². The van der Waals surface area contributed by atoms with Crippen molar-refractivity contribution in [3.8, 4) is 22.1 Å². The van der Waals surface area contributed by atoms with Crippen LogP contribution in [-0.4, -0.2) is 29.8 Å². The minimum Gasteiger partial charge on any atom is -0.493 e. The molecule has 0 saturated heterocycles. The largest absolute Gasteiger partial charge is 0.493 e. The molecule has 0 unspecified atom stereocenters. The molecule has 0 radical (unpaired) electrons. The van der Waals surface area contributed by atoms with E-state index in [2.05, 4.69) is 4.98 Å². The molecule has 3 aromatic rings. The van der Waals surface area contributed by atoms with Crippen molar-refractivity contribution in [3.05, 3.63) is 64.7 Å². The fourth-order valence-corrected chi connectivity index (χ4v) is 3.97. The number of esters is 1. The quantitative estimate of drug-likeness (QED) is 0.320. The second kappa shape index (κ2) is 10.5. The summed E-state index contributed by atoms with van der Waals surface area (Å²) in [5.74, 6) is 0.787. The van der Waals surface area contributed by atoms with Crippen LogP contribution >= 0.6 is 11.3 Å². The van der Waals surface area contributed by atoms with Crippen molar-refractivity contribution in [1.82, 2.24) is 4.98 Å². The Morgan fingerprint density at radius 2 is 1.79 bits per heavy atom. The summed E-state index contributed by atoms with van der Waals surface area (Å²) in [6.07, 6.45) is -2.05. The van der Waals surface area contributed by atoms with Gasteiger partial charge in [0.05, 0.1) is 18.8 Å². The number of ether oxygens (including phenoxy) is 3. The van der Waals surface area contributed by atoms with Crippen LogP contribution in [0.2, 0.25) is 0 Å². The maximum atomic E-state index is 12.7. The summed E-state index contributed by atoms with van der Waals surface area (Å²) in [7, 11) is 0. The van der Waals surface area contributed by atoms with Gasteiger partial charge in [0.25, 0.3) is 0 Å². The zero-order chi connectivity index (χ0) is 24.9. The molecule has 2 aromatic carbocycles. The molecule has 0 N–H and O–H groups in total. The van der Waals surface area contributed by atoms with Crippen molar-refractivity contribution >= 4 is 17.3 Å². The first-order valence-electron chi connectivity index (χ1n) is 10.7. The van der Waals surface area contributed by atoms with Gasteiger partial charge in [0.1, 0.15) is 16.5 Å². The predicted octanol–water partition coefficient (Wildman–Crippen LogP) is 6.48.